The molecule has 0 aliphatic carbocycles. The molecule has 1 aliphatic rings. The van der Waals surface area contributed by atoms with Crippen molar-refractivity contribution in [3.8, 4) is 0 Å². The number of likely N-dealkylation sites (tertiary alicyclic amines) is 1. The van der Waals surface area contributed by atoms with Crippen LogP contribution in [0.2, 0.25) is 0 Å². The summed E-state index contributed by atoms with van der Waals surface area (Å²) < 4.78 is 1.51. The first-order chi connectivity index (χ1) is 11.1. The third-order valence-electron chi connectivity index (χ3n) is 4.24. The number of amides is 1. The first kappa shape index (κ1) is 15.2. The summed E-state index contributed by atoms with van der Waals surface area (Å²) in [6.45, 7) is 1.45. The minimum Gasteiger partial charge on any atom is -0.478 e. The van der Waals surface area contributed by atoms with Crippen LogP contribution in [-0.2, 0) is 11.3 Å². The van der Waals surface area contributed by atoms with Crippen molar-refractivity contribution in [1.82, 2.24) is 19.7 Å². The highest BCUT2D eigenvalue weighted by Gasteiger charge is 2.26. The second-order valence-electron chi connectivity index (χ2n) is 5.64. The summed E-state index contributed by atoms with van der Waals surface area (Å²) in [6.07, 6.45) is 4.47. The second kappa shape index (κ2) is 6.60. The number of rotatable bonds is 4. The number of aromatic nitrogens is 3. The van der Waals surface area contributed by atoms with Crippen LogP contribution in [0.25, 0.3) is 0 Å². The molecule has 1 saturated heterocycles. The summed E-state index contributed by atoms with van der Waals surface area (Å²) in [5.41, 5.74) is 1.23. The maximum absolute atomic E-state index is 12.2. The second-order valence-corrected chi connectivity index (χ2v) is 5.64. The molecule has 1 amide bonds. The monoisotopic (exact) mass is 314 g/mol. The predicted octanol–water partition coefficient (Wildman–Crippen LogP) is 1.38. The molecule has 0 atom stereocenters. The lowest BCUT2D eigenvalue weighted by atomic mass is 9.86. The van der Waals surface area contributed by atoms with Crippen molar-refractivity contribution in [1.29, 1.82) is 0 Å². The van der Waals surface area contributed by atoms with E-state index in [1.165, 1.54) is 17.3 Å². The number of hydrogen-bond acceptors (Lipinski definition) is 4. The molecule has 120 valence electrons. The zero-order chi connectivity index (χ0) is 16.2. The largest absolute Gasteiger partial charge is 0.478 e. The molecule has 0 spiro atoms. The van der Waals surface area contributed by atoms with Gasteiger partial charge in [0.25, 0.3) is 0 Å². The quantitative estimate of drug-likeness (QED) is 0.921. The molecular weight excluding hydrogens is 296 g/mol. The smallest absolute Gasteiger partial charge is 0.335 e. The van der Waals surface area contributed by atoms with Crippen molar-refractivity contribution in [3.05, 3.63) is 48.0 Å². The van der Waals surface area contributed by atoms with Gasteiger partial charge in [-0.15, -0.1) is 0 Å². The van der Waals surface area contributed by atoms with Gasteiger partial charge in [0, 0.05) is 13.1 Å². The molecule has 2 aromatic rings. The molecule has 0 saturated carbocycles. The average molecular weight is 314 g/mol. The number of nitrogens with zero attached hydrogens (tertiary/aromatic N) is 4. The van der Waals surface area contributed by atoms with E-state index in [-0.39, 0.29) is 18.4 Å². The third-order valence-corrected chi connectivity index (χ3v) is 4.24. The van der Waals surface area contributed by atoms with Gasteiger partial charge < -0.3 is 10.0 Å². The van der Waals surface area contributed by atoms with E-state index < -0.39 is 5.97 Å². The van der Waals surface area contributed by atoms with Crippen LogP contribution in [0.1, 0.15) is 34.7 Å². The standard InChI is InChI=1S/C16H18N4O3/c21-15(9-20-11-17-10-18-20)19-7-5-12(6-8-19)13-3-1-2-4-14(13)16(22)23/h1-4,10-12H,5-9H2,(H,22,23). The van der Waals surface area contributed by atoms with Crippen LogP contribution in [0, 0.1) is 0 Å². The Morgan fingerprint density at radius 3 is 2.61 bits per heavy atom. The van der Waals surface area contributed by atoms with Crippen molar-refractivity contribution >= 4 is 11.9 Å². The number of carboxylic acid groups (broad SMARTS) is 1. The van der Waals surface area contributed by atoms with Gasteiger partial charge in [-0.05, 0) is 30.4 Å². The predicted molar refractivity (Wildman–Crippen MR) is 82.0 cm³/mol. The van der Waals surface area contributed by atoms with Crippen LogP contribution in [0.4, 0.5) is 0 Å². The van der Waals surface area contributed by atoms with Gasteiger partial charge in [0.2, 0.25) is 5.91 Å². The van der Waals surface area contributed by atoms with Crippen molar-refractivity contribution in [3.63, 3.8) is 0 Å². The van der Waals surface area contributed by atoms with Gasteiger partial charge in [-0.25, -0.2) is 14.5 Å². The number of hydrogen-bond donors (Lipinski definition) is 1. The zero-order valence-electron chi connectivity index (χ0n) is 12.6. The van der Waals surface area contributed by atoms with Crippen molar-refractivity contribution in [2.75, 3.05) is 13.1 Å². The molecule has 3 rings (SSSR count). The van der Waals surface area contributed by atoms with Gasteiger partial charge in [-0.1, -0.05) is 18.2 Å². The van der Waals surface area contributed by atoms with Crippen LogP contribution in [0.5, 0.6) is 0 Å². The van der Waals surface area contributed by atoms with Gasteiger partial charge in [0.05, 0.1) is 5.56 Å². The molecular formula is C16H18N4O3. The molecule has 0 unspecified atom stereocenters. The molecule has 2 heterocycles. The number of aromatic carboxylic acids is 1. The minimum absolute atomic E-state index is 0.0143. The fourth-order valence-electron chi connectivity index (χ4n) is 3.04. The van der Waals surface area contributed by atoms with Crippen molar-refractivity contribution in [2.24, 2.45) is 0 Å². The first-order valence-corrected chi connectivity index (χ1v) is 7.57. The zero-order valence-corrected chi connectivity index (χ0v) is 12.6. The molecule has 23 heavy (non-hydrogen) atoms. The average Bonchev–Trinajstić information content (AvgIpc) is 3.08. The van der Waals surface area contributed by atoms with Gasteiger partial charge in [0.1, 0.15) is 19.2 Å². The molecule has 0 bridgehead atoms. The van der Waals surface area contributed by atoms with Crippen LogP contribution >= 0.6 is 0 Å². The molecule has 1 aromatic heterocycles. The maximum Gasteiger partial charge on any atom is 0.335 e. The summed E-state index contributed by atoms with van der Waals surface area (Å²) in [7, 11) is 0. The number of benzene rings is 1. The van der Waals surface area contributed by atoms with Gasteiger partial charge in [0.15, 0.2) is 0 Å². The lowest BCUT2D eigenvalue weighted by Gasteiger charge is -2.32. The van der Waals surface area contributed by atoms with E-state index in [9.17, 15) is 14.7 Å². The molecule has 1 N–H and O–H groups in total. The normalized spacial score (nSPS) is 15.6. The lowest BCUT2D eigenvalue weighted by molar-refractivity contribution is -0.133. The number of carboxylic acids is 1. The molecule has 7 heteroatoms. The van der Waals surface area contributed by atoms with E-state index in [4.69, 9.17) is 0 Å². The Hall–Kier alpha value is -2.70. The van der Waals surface area contributed by atoms with Crippen molar-refractivity contribution in [2.45, 2.75) is 25.3 Å². The van der Waals surface area contributed by atoms with E-state index >= 15 is 0 Å². The molecule has 1 fully saturated rings. The van der Waals surface area contributed by atoms with Crippen LogP contribution in [-0.4, -0.2) is 49.7 Å². The van der Waals surface area contributed by atoms with E-state index in [1.54, 1.807) is 12.1 Å². The van der Waals surface area contributed by atoms with Crippen LogP contribution in [0.3, 0.4) is 0 Å². The van der Waals surface area contributed by atoms with Gasteiger partial charge in [-0.3, -0.25) is 4.79 Å². The van der Waals surface area contributed by atoms with E-state index in [1.807, 2.05) is 17.0 Å². The summed E-state index contributed by atoms with van der Waals surface area (Å²) in [6, 6.07) is 7.12. The summed E-state index contributed by atoms with van der Waals surface area (Å²) >= 11 is 0. The number of carbonyl (C=O) groups is 2. The Kier molecular flexibility index (Phi) is 4.36. The number of piperidine rings is 1. The molecule has 0 radical (unpaired) electrons. The Balaban J connectivity index is 1.62. The maximum atomic E-state index is 12.2. The Labute approximate surface area is 133 Å². The van der Waals surface area contributed by atoms with Crippen LogP contribution in [0.15, 0.2) is 36.9 Å². The minimum atomic E-state index is -0.898. The van der Waals surface area contributed by atoms with E-state index in [2.05, 4.69) is 10.1 Å². The van der Waals surface area contributed by atoms with E-state index in [0.717, 1.165) is 18.4 Å². The van der Waals surface area contributed by atoms with Crippen molar-refractivity contribution < 1.29 is 14.7 Å². The summed E-state index contributed by atoms with van der Waals surface area (Å²) in [5.74, 6) is -0.705. The Morgan fingerprint density at radius 2 is 1.96 bits per heavy atom. The highest BCUT2D eigenvalue weighted by molar-refractivity contribution is 5.89. The van der Waals surface area contributed by atoms with Gasteiger partial charge >= 0.3 is 5.97 Å². The first-order valence-electron chi connectivity index (χ1n) is 7.57. The topological polar surface area (TPSA) is 88.3 Å². The fraction of sp³-hybridized carbons (Fsp3) is 0.375. The van der Waals surface area contributed by atoms with Gasteiger partial charge in [-0.2, -0.15) is 5.10 Å². The summed E-state index contributed by atoms with van der Waals surface area (Å²) in [4.78, 5) is 29.2. The third kappa shape index (κ3) is 3.39. The molecule has 1 aliphatic heterocycles. The number of carbonyl (C=O) groups excluding carboxylic acids is 1. The Morgan fingerprint density at radius 1 is 1.22 bits per heavy atom. The van der Waals surface area contributed by atoms with Crippen LogP contribution < -0.4 is 0 Å². The highest BCUT2D eigenvalue weighted by Crippen LogP contribution is 2.30. The SMILES string of the molecule is O=C(O)c1ccccc1C1CCN(C(=O)Cn2cncn2)CC1. The fourth-order valence-corrected chi connectivity index (χ4v) is 3.04. The molecule has 7 nitrogen and oxygen atoms in total. The van der Waals surface area contributed by atoms with E-state index in [0.29, 0.717) is 18.7 Å². The molecule has 1 aromatic carbocycles. The summed E-state index contributed by atoms with van der Waals surface area (Å²) in [5, 5.41) is 13.2. The highest BCUT2D eigenvalue weighted by atomic mass is 16.4. The lowest BCUT2D eigenvalue weighted by Crippen LogP contribution is -2.40. The Bertz CT molecular complexity index is 691.